The Balaban J connectivity index is 2.00. The van der Waals surface area contributed by atoms with E-state index in [0.29, 0.717) is 17.9 Å². The molecule has 0 aliphatic carbocycles. The number of hydrogen-bond acceptors (Lipinski definition) is 2. The zero-order valence-corrected chi connectivity index (χ0v) is 12.6. The molecule has 1 aliphatic heterocycles. The first-order chi connectivity index (χ1) is 10.0. The van der Waals surface area contributed by atoms with Crippen LogP contribution >= 0.6 is 11.6 Å². The van der Waals surface area contributed by atoms with Gasteiger partial charge in [0.2, 0.25) is 5.91 Å². The van der Waals surface area contributed by atoms with Crippen LogP contribution in [0.4, 0.5) is 5.69 Å². The Kier molecular flexibility index (Phi) is 3.70. The Morgan fingerprint density at radius 3 is 2.76 bits per heavy atom. The van der Waals surface area contributed by atoms with E-state index in [0.717, 1.165) is 22.4 Å². The number of carbonyl (C=O) groups excluding carboxylic acids is 1. The molecule has 108 valence electrons. The second-order valence-corrected chi connectivity index (χ2v) is 5.88. The molecule has 3 nitrogen and oxygen atoms in total. The quantitative estimate of drug-likeness (QED) is 0.890. The monoisotopic (exact) mass is 300 g/mol. The molecule has 2 aromatic carbocycles. The standard InChI is InChI=1S/C17H17ClN2O/c1-10-3-2-4-11(7-10)16(19)13-8-12-5-6-15(21)20-17(12)14(18)9-13/h2-4,7-9,16H,5-6,19H2,1H3,(H,20,21). The maximum Gasteiger partial charge on any atom is 0.224 e. The minimum absolute atomic E-state index is 0.0140. The van der Waals surface area contributed by atoms with Gasteiger partial charge in [0.05, 0.1) is 16.8 Å². The van der Waals surface area contributed by atoms with Crippen LogP contribution in [0.3, 0.4) is 0 Å². The number of amides is 1. The SMILES string of the molecule is Cc1cccc(C(N)c2cc(Cl)c3c(c2)CCC(=O)N3)c1. The Morgan fingerprint density at radius 1 is 1.19 bits per heavy atom. The summed E-state index contributed by atoms with van der Waals surface area (Å²) < 4.78 is 0. The van der Waals surface area contributed by atoms with Crippen molar-refractivity contribution in [3.63, 3.8) is 0 Å². The third-order valence-electron chi connectivity index (χ3n) is 3.84. The molecule has 3 N–H and O–H groups in total. The Bertz CT molecular complexity index is 712. The van der Waals surface area contributed by atoms with Gasteiger partial charge < -0.3 is 11.1 Å². The van der Waals surface area contributed by atoms with Crippen LogP contribution < -0.4 is 11.1 Å². The van der Waals surface area contributed by atoms with Crippen molar-refractivity contribution in [1.82, 2.24) is 0 Å². The van der Waals surface area contributed by atoms with Gasteiger partial charge in [-0.3, -0.25) is 4.79 Å². The summed E-state index contributed by atoms with van der Waals surface area (Å²) in [4.78, 5) is 11.5. The number of hydrogen-bond donors (Lipinski definition) is 2. The van der Waals surface area contributed by atoms with E-state index in [4.69, 9.17) is 17.3 Å². The summed E-state index contributed by atoms with van der Waals surface area (Å²) in [7, 11) is 0. The van der Waals surface area contributed by atoms with E-state index in [1.807, 2.05) is 37.3 Å². The van der Waals surface area contributed by atoms with Crippen molar-refractivity contribution in [2.45, 2.75) is 25.8 Å². The summed E-state index contributed by atoms with van der Waals surface area (Å²) in [5.41, 5.74) is 11.4. The lowest BCUT2D eigenvalue weighted by atomic mass is 9.93. The highest BCUT2D eigenvalue weighted by Gasteiger charge is 2.20. The first kappa shape index (κ1) is 14.1. The summed E-state index contributed by atoms with van der Waals surface area (Å²) in [6.45, 7) is 2.05. The van der Waals surface area contributed by atoms with Crippen molar-refractivity contribution in [3.8, 4) is 0 Å². The molecule has 1 heterocycles. The highest BCUT2D eigenvalue weighted by atomic mass is 35.5. The van der Waals surface area contributed by atoms with E-state index >= 15 is 0 Å². The smallest absolute Gasteiger partial charge is 0.224 e. The fraction of sp³-hybridized carbons (Fsp3) is 0.235. The van der Waals surface area contributed by atoms with E-state index in [-0.39, 0.29) is 11.9 Å². The average molecular weight is 301 g/mol. The van der Waals surface area contributed by atoms with Crippen LogP contribution in [0.15, 0.2) is 36.4 Å². The molecule has 1 aliphatic rings. The second-order valence-electron chi connectivity index (χ2n) is 5.48. The van der Waals surface area contributed by atoms with Crippen molar-refractivity contribution in [2.24, 2.45) is 5.73 Å². The van der Waals surface area contributed by atoms with E-state index in [2.05, 4.69) is 11.4 Å². The summed E-state index contributed by atoms with van der Waals surface area (Å²) in [5.74, 6) is 0.0140. The lowest BCUT2D eigenvalue weighted by molar-refractivity contribution is -0.116. The number of nitrogens with one attached hydrogen (secondary N) is 1. The minimum Gasteiger partial charge on any atom is -0.325 e. The van der Waals surface area contributed by atoms with Gasteiger partial charge in [-0.1, -0.05) is 47.5 Å². The van der Waals surface area contributed by atoms with E-state index in [1.165, 1.54) is 5.56 Å². The summed E-state index contributed by atoms with van der Waals surface area (Å²) in [6.07, 6.45) is 1.20. The number of halogens is 1. The fourth-order valence-corrected chi connectivity index (χ4v) is 3.00. The van der Waals surface area contributed by atoms with Gasteiger partial charge in [0.15, 0.2) is 0 Å². The van der Waals surface area contributed by atoms with Gasteiger partial charge in [0, 0.05) is 6.42 Å². The number of nitrogens with two attached hydrogens (primary N) is 1. The lowest BCUT2D eigenvalue weighted by Gasteiger charge is -2.21. The Labute approximate surface area is 129 Å². The highest BCUT2D eigenvalue weighted by molar-refractivity contribution is 6.34. The predicted molar refractivity (Wildman–Crippen MR) is 85.6 cm³/mol. The van der Waals surface area contributed by atoms with Crippen molar-refractivity contribution in [3.05, 3.63) is 63.7 Å². The maximum absolute atomic E-state index is 11.5. The molecule has 0 saturated heterocycles. The molecule has 0 spiro atoms. The average Bonchev–Trinajstić information content (AvgIpc) is 2.47. The molecule has 0 aromatic heterocycles. The molecule has 0 bridgehead atoms. The van der Waals surface area contributed by atoms with Gasteiger partial charge in [-0.05, 0) is 36.1 Å². The zero-order valence-electron chi connectivity index (χ0n) is 11.8. The number of carbonyl (C=O) groups is 1. The van der Waals surface area contributed by atoms with Crippen LogP contribution in [0.2, 0.25) is 5.02 Å². The van der Waals surface area contributed by atoms with E-state index in [9.17, 15) is 4.79 Å². The maximum atomic E-state index is 11.5. The number of aryl methyl sites for hydroxylation is 2. The number of benzene rings is 2. The second kappa shape index (κ2) is 5.51. The van der Waals surface area contributed by atoms with Gasteiger partial charge in [0.25, 0.3) is 0 Å². The number of anilines is 1. The largest absolute Gasteiger partial charge is 0.325 e. The van der Waals surface area contributed by atoms with Crippen LogP contribution in [-0.4, -0.2) is 5.91 Å². The van der Waals surface area contributed by atoms with Gasteiger partial charge in [0.1, 0.15) is 0 Å². The van der Waals surface area contributed by atoms with Gasteiger partial charge >= 0.3 is 0 Å². The molecule has 3 rings (SSSR count). The first-order valence-corrected chi connectivity index (χ1v) is 7.36. The first-order valence-electron chi connectivity index (χ1n) is 6.99. The summed E-state index contributed by atoms with van der Waals surface area (Å²) in [6, 6.07) is 11.8. The van der Waals surface area contributed by atoms with Gasteiger partial charge in [-0.15, -0.1) is 0 Å². The minimum atomic E-state index is -0.217. The highest BCUT2D eigenvalue weighted by Crippen LogP contribution is 2.34. The van der Waals surface area contributed by atoms with Crippen molar-refractivity contribution in [1.29, 1.82) is 0 Å². The molecule has 0 saturated carbocycles. The normalized spacial score (nSPS) is 15.3. The van der Waals surface area contributed by atoms with Crippen molar-refractivity contribution >= 4 is 23.2 Å². The predicted octanol–water partition coefficient (Wildman–Crippen LogP) is 3.58. The van der Waals surface area contributed by atoms with Crippen molar-refractivity contribution in [2.75, 3.05) is 5.32 Å². The summed E-state index contributed by atoms with van der Waals surface area (Å²) in [5, 5.41) is 3.39. The zero-order chi connectivity index (χ0) is 15.0. The summed E-state index contributed by atoms with van der Waals surface area (Å²) >= 11 is 6.31. The van der Waals surface area contributed by atoms with Crippen LogP contribution in [0.5, 0.6) is 0 Å². The van der Waals surface area contributed by atoms with Gasteiger partial charge in [-0.2, -0.15) is 0 Å². The molecule has 1 atom stereocenters. The molecule has 4 heteroatoms. The molecule has 2 aromatic rings. The Hall–Kier alpha value is -1.84. The lowest BCUT2D eigenvalue weighted by Crippen LogP contribution is -2.20. The molecule has 0 fully saturated rings. The molecule has 21 heavy (non-hydrogen) atoms. The van der Waals surface area contributed by atoms with Crippen LogP contribution in [0, 0.1) is 6.92 Å². The number of fused-ring (bicyclic) bond motifs is 1. The van der Waals surface area contributed by atoms with Crippen molar-refractivity contribution < 1.29 is 4.79 Å². The molecular formula is C17H17ClN2O. The van der Waals surface area contributed by atoms with E-state index < -0.39 is 0 Å². The van der Waals surface area contributed by atoms with Gasteiger partial charge in [-0.25, -0.2) is 0 Å². The molecule has 0 radical (unpaired) electrons. The fourth-order valence-electron chi connectivity index (χ4n) is 2.71. The number of rotatable bonds is 2. The Morgan fingerprint density at radius 2 is 2.00 bits per heavy atom. The molecule has 1 unspecified atom stereocenters. The third-order valence-corrected chi connectivity index (χ3v) is 4.14. The molecular weight excluding hydrogens is 284 g/mol. The van der Waals surface area contributed by atoms with Crippen LogP contribution in [-0.2, 0) is 11.2 Å². The van der Waals surface area contributed by atoms with E-state index in [1.54, 1.807) is 0 Å². The molecule has 1 amide bonds. The topological polar surface area (TPSA) is 55.1 Å². The third kappa shape index (κ3) is 2.80. The van der Waals surface area contributed by atoms with Crippen LogP contribution in [0.1, 0.15) is 34.7 Å². The van der Waals surface area contributed by atoms with Crippen LogP contribution in [0.25, 0.3) is 0 Å².